The van der Waals surface area contributed by atoms with Crippen LogP contribution in [0.1, 0.15) is 16.1 Å². The molecule has 19 heavy (non-hydrogen) atoms. The van der Waals surface area contributed by atoms with Crippen molar-refractivity contribution in [2.45, 2.75) is 6.54 Å². The van der Waals surface area contributed by atoms with Crippen LogP contribution in [0, 0.1) is 10.1 Å². The Labute approximate surface area is 115 Å². The molecule has 0 aliphatic rings. The molecule has 2 rings (SSSR count). The van der Waals surface area contributed by atoms with E-state index < -0.39 is 10.8 Å². The van der Waals surface area contributed by atoms with Crippen LogP contribution >= 0.6 is 15.9 Å². The van der Waals surface area contributed by atoms with Gasteiger partial charge in [0.2, 0.25) is 0 Å². The summed E-state index contributed by atoms with van der Waals surface area (Å²) in [6.45, 7) is 0.161. The molecule has 1 N–H and O–H groups in total. The summed E-state index contributed by atoms with van der Waals surface area (Å²) >= 11 is 3.06. The van der Waals surface area contributed by atoms with E-state index in [1.807, 2.05) is 0 Å². The normalized spacial score (nSPS) is 10.2. The second-order valence-corrected chi connectivity index (χ2v) is 4.35. The molecule has 0 atom stereocenters. The third-order valence-corrected chi connectivity index (χ3v) is 3.17. The number of nitro benzene ring substituents is 1. The SMILES string of the molecule is O=C(NCc1ccno1)c1cccc([N+](=O)[O-])c1Br. The third kappa shape index (κ3) is 2.97. The number of carbonyl (C=O) groups excluding carboxylic acids is 1. The highest BCUT2D eigenvalue weighted by molar-refractivity contribution is 9.10. The fourth-order valence-electron chi connectivity index (χ4n) is 1.43. The molecule has 0 spiro atoms. The van der Waals surface area contributed by atoms with E-state index in [4.69, 9.17) is 4.52 Å². The van der Waals surface area contributed by atoms with Crippen molar-refractivity contribution in [3.63, 3.8) is 0 Å². The Morgan fingerprint density at radius 1 is 1.47 bits per heavy atom. The van der Waals surface area contributed by atoms with Gasteiger partial charge >= 0.3 is 0 Å². The molecule has 0 radical (unpaired) electrons. The van der Waals surface area contributed by atoms with Crippen LogP contribution in [0.25, 0.3) is 0 Å². The van der Waals surface area contributed by atoms with Crippen LogP contribution in [0.3, 0.4) is 0 Å². The highest BCUT2D eigenvalue weighted by atomic mass is 79.9. The molecule has 0 unspecified atom stereocenters. The average molecular weight is 326 g/mol. The van der Waals surface area contributed by atoms with Gasteiger partial charge in [-0.05, 0) is 22.0 Å². The van der Waals surface area contributed by atoms with E-state index in [-0.39, 0.29) is 22.3 Å². The lowest BCUT2D eigenvalue weighted by molar-refractivity contribution is -0.385. The van der Waals surface area contributed by atoms with Crippen molar-refractivity contribution in [3.8, 4) is 0 Å². The zero-order valence-electron chi connectivity index (χ0n) is 9.50. The van der Waals surface area contributed by atoms with Gasteiger partial charge in [0.1, 0.15) is 4.47 Å². The number of aromatic nitrogens is 1. The van der Waals surface area contributed by atoms with Crippen LogP contribution in [0.5, 0.6) is 0 Å². The number of hydrogen-bond donors (Lipinski definition) is 1. The van der Waals surface area contributed by atoms with Gasteiger partial charge in [0.25, 0.3) is 11.6 Å². The van der Waals surface area contributed by atoms with Crippen LogP contribution in [-0.4, -0.2) is 16.0 Å². The molecule has 1 amide bonds. The first-order valence-electron chi connectivity index (χ1n) is 5.20. The predicted octanol–water partition coefficient (Wildman–Crippen LogP) is 2.28. The van der Waals surface area contributed by atoms with E-state index in [1.165, 1.54) is 24.4 Å². The summed E-state index contributed by atoms with van der Waals surface area (Å²) in [5, 5.41) is 16.8. The molecule has 0 saturated carbocycles. The van der Waals surface area contributed by atoms with Crippen LogP contribution in [0.4, 0.5) is 5.69 Å². The number of amides is 1. The Morgan fingerprint density at radius 3 is 2.89 bits per heavy atom. The molecule has 0 bridgehead atoms. The Hall–Kier alpha value is -2.22. The van der Waals surface area contributed by atoms with Gasteiger partial charge in [-0.1, -0.05) is 11.2 Å². The Kier molecular flexibility index (Phi) is 3.91. The molecule has 0 aliphatic carbocycles. The highest BCUT2D eigenvalue weighted by Crippen LogP contribution is 2.28. The van der Waals surface area contributed by atoms with Crippen LogP contribution in [-0.2, 0) is 6.54 Å². The number of nitro groups is 1. The number of carbonyl (C=O) groups is 1. The zero-order chi connectivity index (χ0) is 13.8. The molecule has 0 saturated heterocycles. The molecule has 1 heterocycles. The largest absolute Gasteiger partial charge is 0.360 e. The Balaban J connectivity index is 2.15. The van der Waals surface area contributed by atoms with Crippen LogP contribution in [0.2, 0.25) is 0 Å². The average Bonchev–Trinajstić information content (AvgIpc) is 2.89. The van der Waals surface area contributed by atoms with Gasteiger partial charge in [-0.15, -0.1) is 0 Å². The quantitative estimate of drug-likeness (QED) is 0.686. The van der Waals surface area contributed by atoms with E-state index in [9.17, 15) is 14.9 Å². The summed E-state index contributed by atoms with van der Waals surface area (Å²) in [6.07, 6.45) is 1.46. The Morgan fingerprint density at radius 2 is 2.26 bits per heavy atom. The molecular formula is C11H8BrN3O4. The standard InChI is InChI=1S/C11H8BrN3O4/c12-10-8(2-1-3-9(10)15(17)18)11(16)13-6-7-4-5-14-19-7/h1-5H,6H2,(H,13,16). The van der Waals surface area contributed by atoms with E-state index in [1.54, 1.807) is 6.07 Å². The maximum Gasteiger partial charge on any atom is 0.284 e. The molecule has 7 nitrogen and oxygen atoms in total. The third-order valence-electron chi connectivity index (χ3n) is 2.33. The number of nitrogens with zero attached hydrogens (tertiary/aromatic N) is 2. The lowest BCUT2D eigenvalue weighted by Gasteiger charge is -2.05. The van der Waals surface area contributed by atoms with Crippen LogP contribution in [0.15, 0.2) is 39.5 Å². The van der Waals surface area contributed by atoms with E-state index in [0.717, 1.165) is 0 Å². The summed E-state index contributed by atoms with van der Waals surface area (Å²) < 4.78 is 4.98. The second kappa shape index (κ2) is 5.61. The predicted molar refractivity (Wildman–Crippen MR) is 68.5 cm³/mol. The fourth-order valence-corrected chi connectivity index (χ4v) is 2.02. The number of nitrogens with one attached hydrogen (secondary N) is 1. The van der Waals surface area contributed by atoms with Crippen molar-refractivity contribution in [1.82, 2.24) is 10.5 Å². The van der Waals surface area contributed by atoms with Gasteiger partial charge in [0.05, 0.1) is 23.2 Å². The minimum Gasteiger partial charge on any atom is -0.360 e. The van der Waals surface area contributed by atoms with Crippen molar-refractivity contribution >= 4 is 27.5 Å². The summed E-state index contributed by atoms with van der Waals surface area (Å²) in [7, 11) is 0. The maximum atomic E-state index is 11.9. The lowest BCUT2D eigenvalue weighted by Crippen LogP contribution is -2.23. The number of hydrogen-bond acceptors (Lipinski definition) is 5. The first-order valence-corrected chi connectivity index (χ1v) is 5.99. The maximum absolute atomic E-state index is 11.9. The monoisotopic (exact) mass is 325 g/mol. The van der Waals surface area contributed by atoms with Gasteiger partial charge in [-0.2, -0.15) is 0 Å². The number of benzene rings is 1. The number of halogens is 1. The molecule has 2 aromatic rings. The molecule has 1 aromatic heterocycles. The summed E-state index contributed by atoms with van der Waals surface area (Å²) in [6, 6.07) is 5.87. The fraction of sp³-hybridized carbons (Fsp3) is 0.0909. The van der Waals surface area contributed by atoms with Gasteiger partial charge in [0.15, 0.2) is 5.76 Å². The first kappa shape index (κ1) is 13.2. The molecule has 98 valence electrons. The van der Waals surface area contributed by atoms with Gasteiger partial charge in [-0.25, -0.2) is 0 Å². The van der Waals surface area contributed by atoms with Crippen molar-refractivity contribution in [3.05, 3.63) is 56.4 Å². The minimum atomic E-state index is -0.558. The topological polar surface area (TPSA) is 98.3 Å². The molecule has 8 heteroatoms. The molecule has 0 fully saturated rings. The van der Waals surface area contributed by atoms with E-state index >= 15 is 0 Å². The lowest BCUT2D eigenvalue weighted by atomic mass is 10.2. The summed E-state index contributed by atoms with van der Waals surface area (Å²) in [4.78, 5) is 22.1. The van der Waals surface area contributed by atoms with Crippen molar-refractivity contribution in [2.75, 3.05) is 0 Å². The Bertz CT molecular complexity index is 612. The van der Waals surface area contributed by atoms with E-state index in [2.05, 4.69) is 26.4 Å². The molecule has 0 aliphatic heterocycles. The number of rotatable bonds is 4. The molecular weight excluding hydrogens is 318 g/mol. The summed E-state index contributed by atoms with van der Waals surface area (Å²) in [5.41, 5.74) is 0.0287. The first-order chi connectivity index (χ1) is 9.09. The van der Waals surface area contributed by atoms with Crippen molar-refractivity contribution in [2.24, 2.45) is 0 Å². The minimum absolute atomic E-state index is 0.148. The zero-order valence-corrected chi connectivity index (χ0v) is 11.1. The van der Waals surface area contributed by atoms with Gasteiger partial charge in [0, 0.05) is 12.1 Å². The van der Waals surface area contributed by atoms with Crippen molar-refractivity contribution in [1.29, 1.82) is 0 Å². The highest BCUT2D eigenvalue weighted by Gasteiger charge is 2.19. The van der Waals surface area contributed by atoms with Gasteiger partial charge in [-0.3, -0.25) is 14.9 Å². The van der Waals surface area contributed by atoms with Crippen LogP contribution < -0.4 is 5.32 Å². The van der Waals surface area contributed by atoms with E-state index in [0.29, 0.717) is 5.76 Å². The van der Waals surface area contributed by atoms with Gasteiger partial charge < -0.3 is 9.84 Å². The molecule has 1 aromatic carbocycles. The van der Waals surface area contributed by atoms with Crippen molar-refractivity contribution < 1.29 is 14.2 Å². The smallest absolute Gasteiger partial charge is 0.284 e. The second-order valence-electron chi connectivity index (χ2n) is 3.56. The summed E-state index contributed by atoms with van der Waals surface area (Å²) in [5.74, 6) is 0.0573.